The number of benzene rings is 2. The highest BCUT2D eigenvalue weighted by molar-refractivity contribution is 7.92. The van der Waals surface area contributed by atoms with Gasteiger partial charge in [0.2, 0.25) is 5.78 Å². The Balaban J connectivity index is 2.20. The maximum atomic E-state index is 13.2. The van der Waals surface area contributed by atoms with Gasteiger partial charge in [0.05, 0.1) is 17.7 Å². The second kappa shape index (κ2) is 6.80. The Kier molecular flexibility index (Phi) is 4.69. The van der Waals surface area contributed by atoms with Crippen LogP contribution in [0.15, 0.2) is 52.5 Å². The molecule has 0 fully saturated rings. The van der Waals surface area contributed by atoms with Crippen LogP contribution in [0.4, 0.5) is 5.69 Å². The number of oxime groups is 1. The Morgan fingerprint density at radius 2 is 1.85 bits per heavy atom. The normalized spacial score (nSPS) is 16.3. The molecular weight excluding hydrogens is 356 g/mol. The molecular formula is C18H18N2O5S. The van der Waals surface area contributed by atoms with Crippen LogP contribution in [0.5, 0.6) is 5.75 Å². The average Bonchev–Trinajstić information content (AvgIpc) is 2.78. The number of hydrogen-bond donors (Lipinski definition) is 1. The van der Waals surface area contributed by atoms with Crippen LogP contribution in [-0.4, -0.2) is 38.8 Å². The van der Waals surface area contributed by atoms with Gasteiger partial charge >= 0.3 is 0 Å². The molecule has 136 valence electrons. The summed E-state index contributed by atoms with van der Waals surface area (Å²) in [4.78, 5) is 12.7. The highest BCUT2D eigenvalue weighted by Crippen LogP contribution is 2.33. The average molecular weight is 374 g/mol. The van der Waals surface area contributed by atoms with Crippen molar-refractivity contribution in [3.63, 3.8) is 0 Å². The third kappa shape index (κ3) is 3.03. The number of ketones is 1. The van der Waals surface area contributed by atoms with Crippen LogP contribution in [0.1, 0.15) is 22.3 Å². The van der Waals surface area contributed by atoms with Crippen molar-refractivity contribution in [2.45, 2.75) is 18.2 Å². The topological polar surface area (TPSA) is 96.3 Å². The smallest absolute Gasteiger partial charge is 0.264 e. The van der Waals surface area contributed by atoms with Gasteiger partial charge in [-0.05, 0) is 31.2 Å². The molecule has 7 nitrogen and oxygen atoms in total. The van der Waals surface area contributed by atoms with Crippen molar-refractivity contribution in [2.24, 2.45) is 5.16 Å². The van der Waals surface area contributed by atoms with Crippen molar-refractivity contribution >= 4 is 27.2 Å². The summed E-state index contributed by atoms with van der Waals surface area (Å²) in [7, 11) is -2.45. The Bertz CT molecular complexity index is 981. The first-order valence-electron chi connectivity index (χ1n) is 7.91. The van der Waals surface area contributed by atoms with Crippen LogP contribution in [0.2, 0.25) is 0 Å². The molecule has 0 unspecified atom stereocenters. The first kappa shape index (κ1) is 17.9. The van der Waals surface area contributed by atoms with Crippen LogP contribution in [-0.2, 0) is 10.0 Å². The lowest BCUT2D eigenvalue weighted by Crippen LogP contribution is -2.32. The molecule has 0 aliphatic carbocycles. The zero-order chi connectivity index (χ0) is 18.9. The Labute approximate surface area is 151 Å². The molecule has 0 aromatic heterocycles. The minimum absolute atomic E-state index is 0.00256. The van der Waals surface area contributed by atoms with E-state index in [1.165, 1.54) is 31.4 Å². The fourth-order valence-corrected chi connectivity index (χ4v) is 4.29. The molecule has 26 heavy (non-hydrogen) atoms. The summed E-state index contributed by atoms with van der Waals surface area (Å²) in [5.74, 6) is -0.0863. The zero-order valence-electron chi connectivity index (χ0n) is 14.3. The van der Waals surface area contributed by atoms with E-state index in [2.05, 4.69) is 5.16 Å². The lowest BCUT2D eigenvalue weighted by molar-refractivity contribution is 0.106. The van der Waals surface area contributed by atoms with Crippen molar-refractivity contribution in [1.29, 1.82) is 0 Å². The largest absolute Gasteiger partial charge is 0.497 e. The second-order valence-electron chi connectivity index (χ2n) is 5.90. The number of carbonyl (C=O) groups is 1. The monoisotopic (exact) mass is 374 g/mol. The molecule has 0 spiro atoms. The van der Waals surface area contributed by atoms with Gasteiger partial charge in [-0.25, -0.2) is 8.42 Å². The fourth-order valence-electron chi connectivity index (χ4n) is 2.82. The highest BCUT2D eigenvalue weighted by atomic mass is 32.2. The maximum absolute atomic E-state index is 13.2. The van der Waals surface area contributed by atoms with Crippen LogP contribution < -0.4 is 9.04 Å². The van der Waals surface area contributed by atoms with Crippen LogP contribution in [0, 0.1) is 6.92 Å². The number of methoxy groups -OCH3 is 1. The Hall–Kier alpha value is -2.87. The third-order valence-electron chi connectivity index (χ3n) is 4.26. The van der Waals surface area contributed by atoms with Crippen molar-refractivity contribution in [2.75, 3.05) is 18.0 Å². The van der Waals surface area contributed by atoms with Crippen molar-refractivity contribution in [3.05, 3.63) is 53.6 Å². The number of anilines is 1. The van der Waals surface area contributed by atoms with Crippen molar-refractivity contribution < 1.29 is 23.2 Å². The molecule has 0 bridgehead atoms. The van der Waals surface area contributed by atoms with E-state index in [0.717, 1.165) is 9.87 Å². The number of sulfonamides is 1. The number of rotatable bonds is 3. The van der Waals surface area contributed by atoms with E-state index in [9.17, 15) is 13.2 Å². The summed E-state index contributed by atoms with van der Waals surface area (Å²) < 4.78 is 32.7. The number of aryl methyl sites for hydroxylation is 1. The summed E-state index contributed by atoms with van der Waals surface area (Å²) in [6, 6.07) is 11.0. The SMILES string of the molecule is COc1ccc2c(c1)N(S(=O)(=O)c1ccc(C)cc1)CC/C(=N\O)C2=O. The highest BCUT2D eigenvalue weighted by Gasteiger charge is 2.33. The molecule has 0 amide bonds. The molecule has 0 saturated heterocycles. The van der Waals surface area contributed by atoms with E-state index in [0.29, 0.717) is 5.75 Å². The molecule has 0 atom stereocenters. The molecule has 1 aliphatic heterocycles. The van der Waals surface area contributed by atoms with Gasteiger partial charge < -0.3 is 9.94 Å². The summed E-state index contributed by atoms with van der Waals surface area (Å²) in [5, 5.41) is 12.2. The lowest BCUT2D eigenvalue weighted by atomic mass is 10.0. The van der Waals surface area contributed by atoms with E-state index < -0.39 is 15.8 Å². The van der Waals surface area contributed by atoms with Crippen LogP contribution in [0.25, 0.3) is 0 Å². The summed E-state index contributed by atoms with van der Waals surface area (Å²) in [6.45, 7) is 1.84. The lowest BCUT2D eigenvalue weighted by Gasteiger charge is -2.24. The Morgan fingerprint density at radius 3 is 2.46 bits per heavy atom. The first-order chi connectivity index (χ1) is 12.4. The summed E-state index contributed by atoms with van der Waals surface area (Å²) in [6.07, 6.45) is -0.00256. The first-order valence-corrected chi connectivity index (χ1v) is 9.35. The van der Waals surface area contributed by atoms with Gasteiger partial charge in [0.25, 0.3) is 10.0 Å². The molecule has 2 aromatic rings. The maximum Gasteiger partial charge on any atom is 0.264 e. The van der Waals surface area contributed by atoms with Gasteiger partial charge in [0.15, 0.2) is 0 Å². The van der Waals surface area contributed by atoms with Crippen LogP contribution in [0.3, 0.4) is 0 Å². The van der Waals surface area contributed by atoms with Gasteiger partial charge in [-0.3, -0.25) is 9.10 Å². The molecule has 1 heterocycles. The van der Waals surface area contributed by atoms with E-state index in [1.54, 1.807) is 18.2 Å². The molecule has 1 aliphatic rings. The minimum atomic E-state index is -3.91. The fraction of sp³-hybridized carbons (Fsp3) is 0.222. The summed E-state index contributed by atoms with van der Waals surface area (Å²) in [5.41, 5.74) is 1.20. The van der Waals surface area contributed by atoms with E-state index in [4.69, 9.17) is 9.94 Å². The molecule has 3 rings (SSSR count). The number of nitrogens with zero attached hydrogens (tertiary/aromatic N) is 2. The molecule has 0 saturated carbocycles. The molecule has 2 aromatic carbocycles. The summed E-state index contributed by atoms with van der Waals surface area (Å²) >= 11 is 0. The third-order valence-corrected chi connectivity index (χ3v) is 6.09. The number of carbonyl (C=O) groups excluding carboxylic acids is 1. The molecule has 0 radical (unpaired) electrons. The van der Waals surface area contributed by atoms with Crippen molar-refractivity contribution in [3.8, 4) is 5.75 Å². The quantitative estimate of drug-likeness (QED) is 0.658. The zero-order valence-corrected chi connectivity index (χ0v) is 15.2. The van der Waals surface area contributed by atoms with Gasteiger partial charge in [0, 0.05) is 24.6 Å². The minimum Gasteiger partial charge on any atom is -0.497 e. The standard InChI is InChI=1S/C18H18N2O5S/c1-12-3-6-14(7-4-12)26(23,24)20-10-9-16(19-22)18(21)15-8-5-13(25-2)11-17(15)20/h3-8,11,22H,9-10H2,1-2H3/b19-16+. The second-order valence-corrected chi connectivity index (χ2v) is 7.76. The number of fused-ring (bicyclic) bond motifs is 1. The van der Waals surface area contributed by atoms with Gasteiger partial charge in [0.1, 0.15) is 11.5 Å². The molecule has 1 N–H and O–H groups in total. The van der Waals surface area contributed by atoms with Gasteiger partial charge in [-0.2, -0.15) is 0 Å². The van der Waals surface area contributed by atoms with Crippen LogP contribution >= 0.6 is 0 Å². The van der Waals surface area contributed by atoms with E-state index >= 15 is 0 Å². The predicted molar refractivity (Wildman–Crippen MR) is 96.9 cm³/mol. The van der Waals surface area contributed by atoms with Gasteiger partial charge in [-0.15, -0.1) is 0 Å². The number of Topliss-reactive ketones (excluding diaryl/α,β-unsaturated/α-hetero) is 1. The number of ether oxygens (including phenoxy) is 1. The Morgan fingerprint density at radius 1 is 1.15 bits per heavy atom. The van der Waals surface area contributed by atoms with E-state index in [-0.39, 0.29) is 34.8 Å². The predicted octanol–water partition coefficient (Wildman–Crippen LogP) is 2.62. The molecule has 8 heteroatoms. The van der Waals surface area contributed by atoms with E-state index in [1.807, 2.05) is 6.92 Å². The number of hydrogen-bond acceptors (Lipinski definition) is 6. The van der Waals surface area contributed by atoms with Crippen molar-refractivity contribution in [1.82, 2.24) is 0 Å². The van der Waals surface area contributed by atoms with Gasteiger partial charge in [-0.1, -0.05) is 22.9 Å².